The van der Waals surface area contributed by atoms with Crippen LogP contribution in [0.25, 0.3) is 0 Å². The standard InChI is InChI=1S/C16H19N3O6/c1-5-23-16(22)13-7(2)11(8(3)18-13)10(20)6-24-15(21)12-9(4)19-25-14(12)17/h18H,5-6,17H2,1-4H3. The fraction of sp³-hybridized carbons (Fsp3) is 0.375. The summed E-state index contributed by atoms with van der Waals surface area (Å²) >= 11 is 0. The first-order valence-corrected chi connectivity index (χ1v) is 7.56. The second-order valence-electron chi connectivity index (χ2n) is 5.35. The Hall–Kier alpha value is -3.10. The molecule has 0 fully saturated rings. The topological polar surface area (TPSA) is 138 Å². The number of hydrogen-bond donors (Lipinski definition) is 2. The van der Waals surface area contributed by atoms with Crippen molar-refractivity contribution in [3.63, 3.8) is 0 Å². The number of nitrogen functional groups attached to an aromatic ring is 1. The number of Topliss-reactive ketones (excluding diaryl/α,β-unsaturated/α-hetero) is 1. The van der Waals surface area contributed by atoms with Gasteiger partial charge in [0.1, 0.15) is 11.3 Å². The third-order valence-corrected chi connectivity index (χ3v) is 3.62. The smallest absolute Gasteiger partial charge is 0.355 e. The lowest BCUT2D eigenvalue weighted by atomic mass is 10.1. The van der Waals surface area contributed by atoms with E-state index < -0.39 is 24.3 Å². The first kappa shape index (κ1) is 18.2. The Bertz CT molecular complexity index is 814. The predicted molar refractivity (Wildman–Crippen MR) is 86.5 cm³/mol. The first-order valence-electron chi connectivity index (χ1n) is 7.56. The molecule has 25 heavy (non-hydrogen) atoms. The molecule has 0 aliphatic rings. The Morgan fingerprint density at radius 1 is 1.12 bits per heavy atom. The van der Waals surface area contributed by atoms with E-state index in [2.05, 4.69) is 14.7 Å². The van der Waals surface area contributed by atoms with E-state index >= 15 is 0 Å². The number of aromatic nitrogens is 2. The highest BCUT2D eigenvalue weighted by Gasteiger charge is 2.25. The summed E-state index contributed by atoms with van der Waals surface area (Å²) in [7, 11) is 0. The SMILES string of the molecule is CCOC(=O)c1[nH]c(C)c(C(=O)COC(=O)c2c(C)noc2N)c1C. The van der Waals surface area contributed by atoms with Crippen LogP contribution in [0.4, 0.5) is 5.88 Å². The number of rotatable bonds is 6. The van der Waals surface area contributed by atoms with Crippen molar-refractivity contribution in [1.29, 1.82) is 0 Å². The van der Waals surface area contributed by atoms with Crippen molar-refractivity contribution < 1.29 is 28.4 Å². The van der Waals surface area contributed by atoms with E-state index in [0.29, 0.717) is 11.3 Å². The maximum Gasteiger partial charge on any atom is 0.355 e. The van der Waals surface area contributed by atoms with Gasteiger partial charge in [-0.1, -0.05) is 5.16 Å². The number of aryl methyl sites for hydroxylation is 2. The third-order valence-electron chi connectivity index (χ3n) is 3.62. The zero-order valence-electron chi connectivity index (χ0n) is 14.4. The molecule has 134 valence electrons. The average Bonchev–Trinajstić information content (AvgIpc) is 3.04. The maximum absolute atomic E-state index is 12.4. The van der Waals surface area contributed by atoms with Crippen molar-refractivity contribution in [3.05, 3.63) is 33.8 Å². The van der Waals surface area contributed by atoms with E-state index in [0.717, 1.165) is 0 Å². The van der Waals surface area contributed by atoms with Crippen LogP contribution in [0.1, 0.15) is 55.1 Å². The Labute approximate surface area is 143 Å². The van der Waals surface area contributed by atoms with Crippen molar-refractivity contribution in [2.45, 2.75) is 27.7 Å². The van der Waals surface area contributed by atoms with Gasteiger partial charge >= 0.3 is 11.9 Å². The Morgan fingerprint density at radius 3 is 2.36 bits per heavy atom. The van der Waals surface area contributed by atoms with Crippen molar-refractivity contribution in [1.82, 2.24) is 10.1 Å². The molecule has 0 spiro atoms. The Morgan fingerprint density at radius 2 is 1.80 bits per heavy atom. The predicted octanol–water partition coefficient (Wildman–Crippen LogP) is 1.73. The van der Waals surface area contributed by atoms with Gasteiger partial charge in [-0.3, -0.25) is 4.79 Å². The summed E-state index contributed by atoms with van der Waals surface area (Å²) in [4.78, 5) is 39.1. The quantitative estimate of drug-likeness (QED) is 0.594. The maximum atomic E-state index is 12.4. The van der Waals surface area contributed by atoms with Gasteiger partial charge < -0.3 is 24.7 Å². The van der Waals surface area contributed by atoms with E-state index in [1.807, 2.05) is 0 Å². The monoisotopic (exact) mass is 349 g/mol. The molecule has 0 aliphatic heterocycles. The molecule has 9 heteroatoms. The molecule has 9 nitrogen and oxygen atoms in total. The molecule has 0 aromatic carbocycles. The minimum atomic E-state index is -0.805. The summed E-state index contributed by atoms with van der Waals surface area (Å²) in [5, 5.41) is 3.55. The molecule has 2 aromatic rings. The highest BCUT2D eigenvalue weighted by molar-refractivity contribution is 6.04. The fourth-order valence-corrected chi connectivity index (χ4v) is 2.49. The lowest BCUT2D eigenvalue weighted by molar-refractivity contribution is 0.0473. The highest BCUT2D eigenvalue weighted by atomic mass is 16.5. The molecule has 2 heterocycles. The van der Waals surface area contributed by atoms with Crippen LogP contribution in [0, 0.1) is 20.8 Å². The zero-order chi connectivity index (χ0) is 18.7. The summed E-state index contributed by atoms with van der Waals surface area (Å²) < 4.78 is 14.6. The number of hydrogen-bond acceptors (Lipinski definition) is 8. The van der Waals surface area contributed by atoms with Gasteiger partial charge in [-0.25, -0.2) is 9.59 Å². The van der Waals surface area contributed by atoms with Gasteiger partial charge in [-0.15, -0.1) is 0 Å². The molecular weight excluding hydrogens is 330 g/mol. The van der Waals surface area contributed by atoms with Gasteiger partial charge in [0.05, 0.1) is 12.3 Å². The molecule has 2 rings (SSSR count). The summed E-state index contributed by atoms with van der Waals surface area (Å²) in [5.41, 5.74) is 7.18. The Kier molecular flexibility index (Phi) is 5.26. The number of nitrogens with zero attached hydrogens (tertiary/aromatic N) is 1. The summed E-state index contributed by atoms with van der Waals surface area (Å²) in [6, 6.07) is 0. The van der Waals surface area contributed by atoms with Crippen molar-refractivity contribution in [2.24, 2.45) is 0 Å². The van der Waals surface area contributed by atoms with Crippen LogP contribution in [-0.4, -0.2) is 41.1 Å². The van der Waals surface area contributed by atoms with Crippen LogP contribution in [0.2, 0.25) is 0 Å². The number of nitrogens with two attached hydrogens (primary N) is 1. The molecule has 0 amide bonds. The molecule has 0 bridgehead atoms. The van der Waals surface area contributed by atoms with E-state index in [4.69, 9.17) is 15.2 Å². The second kappa shape index (κ2) is 7.20. The number of carbonyl (C=O) groups excluding carboxylic acids is 3. The molecule has 3 N–H and O–H groups in total. The second-order valence-corrected chi connectivity index (χ2v) is 5.35. The number of ketones is 1. The first-order chi connectivity index (χ1) is 11.8. The van der Waals surface area contributed by atoms with Crippen LogP contribution in [-0.2, 0) is 9.47 Å². The summed E-state index contributed by atoms with van der Waals surface area (Å²) in [6.45, 7) is 6.19. The van der Waals surface area contributed by atoms with Crippen molar-refractivity contribution in [2.75, 3.05) is 18.9 Å². The van der Waals surface area contributed by atoms with E-state index in [1.165, 1.54) is 6.92 Å². The van der Waals surface area contributed by atoms with Crippen LogP contribution >= 0.6 is 0 Å². The summed E-state index contributed by atoms with van der Waals surface area (Å²) in [6.07, 6.45) is 0. The van der Waals surface area contributed by atoms with E-state index in [9.17, 15) is 14.4 Å². The van der Waals surface area contributed by atoms with Crippen LogP contribution in [0.3, 0.4) is 0 Å². The number of anilines is 1. The highest BCUT2D eigenvalue weighted by Crippen LogP contribution is 2.21. The van der Waals surface area contributed by atoms with Gasteiger partial charge in [-0.05, 0) is 33.3 Å². The molecule has 2 aromatic heterocycles. The minimum absolute atomic E-state index is 0.0116. The van der Waals surface area contributed by atoms with Crippen molar-refractivity contribution in [3.8, 4) is 0 Å². The minimum Gasteiger partial charge on any atom is -0.461 e. The molecule has 0 saturated heterocycles. The molecule has 0 aliphatic carbocycles. The molecule has 0 radical (unpaired) electrons. The molecular formula is C16H19N3O6. The molecule has 0 saturated carbocycles. The zero-order valence-corrected chi connectivity index (χ0v) is 14.4. The lowest BCUT2D eigenvalue weighted by Crippen LogP contribution is -2.16. The number of esters is 2. The number of nitrogens with one attached hydrogen (secondary N) is 1. The van der Waals surface area contributed by atoms with Crippen LogP contribution in [0.5, 0.6) is 0 Å². The lowest BCUT2D eigenvalue weighted by Gasteiger charge is -2.05. The third kappa shape index (κ3) is 3.54. The van der Waals surface area contributed by atoms with E-state index in [1.54, 1.807) is 20.8 Å². The largest absolute Gasteiger partial charge is 0.461 e. The van der Waals surface area contributed by atoms with Gasteiger partial charge in [-0.2, -0.15) is 0 Å². The van der Waals surface area contributed by atoms with Gasteiger partial charge in [0, 0.05) is 11.3 Å². The molecule has 0 atom stereocenters. The van der Waals surface area contributed by atoms with Gasteiger partial charge in [0.2, 0.25) is 11.7 Å². The van der Waals surface area contributed by atoms with Crippen molar-refractivity contribution >= 4 is 23.6 Å². The van der Waals surface area contributed by atoms with Crippen LogP contribution in [0.15, 0.2) is 4.52 Å². The van der Waals surface area contributed by atoms with Gasteiger partial charge in [0.15, 0.2) is 6.61 Å². The fourth-order valence-electron chi connectivity index (χ4n) is 2.49. The number of H-pyrrole nitrogens is 1. The molecule has 0 unspecified atom stereocenters. The average molecular weight is 349 g/mol. The summed E-state index contributed by atoms with van der Waals surface area (Å²) in [5.74, 6) is -1.98. The number of aromatic amines is 1. The number of carbonyl (C=O) groups is 3. The number of ether oxygens (including phenoxy) is 2. The normalized spacial score (nSPS) is 10.6. The van der Waals surface area contributed by atoms with Crippen LogP contribution < -0.4 is 5.73 Å². The van der Waals surface area contributed by atoms with E-state index in [-0.39, 0.29) is 35.0 Å². The van der Waals surface area contributed by atoms with Gasteiger partial charge in [0.25, 0.3) is 0 Å². The Balaban J connectivity index is 2.14.